The number of ether oxygens (including phenoxy) is 1. The molecule has 118 valence electrons. The maximum Gasteiger partial charge on any atom is 0.343 e. The third kappa shape index (κ3) is 2.89. The summed E-state index contributed by atoms with van der Waals surface area (Å²) < 4.78 is 6.55. The molecule has 2 heterocycles. The van der Waals surface area contributed by atoms with Crippen LogP contribution in [0.15, 0.2) is 18.5 Å². The van der Waals surface area contributed by atoms with Crippen LogP contribution in [-0.2, 0) is 4.74 Å². The van der Waals surface area contributed by atoms with Crippen LogP contribution in [0.3, 0.4) is 0 Å². The molecule has 2 aromatic rings. The van der Waals surface area contributed by atoms with Crippen LogP contribution in [0.4, 0.5) is 5.82 Å². The number of esters is 1. The molecule has 2 N–H and O–H groups in total. The molecule has 3 rings (SSSR count). The molecule has 0 aliphatic heterocycles. The van der Waals surface area contributed by atoms with E-state index >= 15 is 0 Å². The van der Waals surface area contributed by atoms with Crippen LogP contribution in [-0.4, -0.2) is 44.4 Å². The lowest BCUT2D eigenvalue weighted by molar-refractivity contribution is 0.0528. The van der Waals surface area contributed by atoms with Gasteiger partial charge in [-0.2, -0.15) is 5.10 Å². The zero-order valence-electron chi connectivity index (χ0n) is 12.5. The van der Waals surface area contributed by atoms with Crippen LogP contribution in [0.2, 0.25) is 0 Å². The van der Waals surface area contributed by atoms with E-state index in [9.17, 15) is 9.90 Å². The van der Waals surface area contributed by atoms with E-state index in [0.717, 1.165) is 25.7 Å². The summed E-state index contributed by atoms with van der Waals surface area (Å²) in [4.78, 5) is 16.3. The van der Waals surface area contributed by atoms with Crippen molar-refractivity contribution in [3.63, 3.8) is 0 Å². The Morgan fingerprint density at radius 2 is 2.32 bits per heavy atom. The topological polar surface area (TPSA) is 88.8 Å². The molecule has 0 bridgehead atoms. The average molecular weight is 304 g/mol. The Morgan fingerprint density at radius 1 is 1.50 bits per heavy atom. The van der Waals surface area contributed by atoms with Crippen LogP contribution < -0.4 is 5.32 Å². The molecule has 0 saturated heterocycles. The van der Waals surface area contributed by atoms with Crippen molar-refractivity contribution in [3.05, 3.63) is 24.0 Å². The van der Waals surface area contributed by atoms with Gasteiger partial charge in [-0.1, -0.05) is 12.8 Å². The minimum absolute atomic E-state index is 0.00216. The third-order valence-corrected chi connectivity index (χ3v) is 3.93. The van der Waals surface area contributed by atoms with Gasteiger partial charge in [0, 0.05) is 6.20 Å². The van der Waals surface area contributed by atoms with Crippen molar-refractivity contribution in [3.8, 4) is 0 Å². The fraction of sp³-hybridized carbons (Fsp3) is 0.533. The fourth-order valence-electron chi connectivity index (χ4n) is 2.77. The van der Waals surface area contributed by atoms with E-state index in [1.165, 1.54) is 10.7 Å². The second-order valence-electron chi connectivity index (χ2n) is 5.46. The van der Waals surface area contributed by atoms with Crippen molar-refractivity contribution in [2.24, 2.45) is 0 Å². The summed E-state index contributed by atoms with van der Waals surface area (Å²) in [6.07, 6.45) is 6.71. The van der Waals surface area contributed by atoms with Crippen LogP contribution in [0, 0.1) is 0 Å². The molecule has 1 aliphatic rings. The lowest BCUT2D eigenvalue weighted by Gasteiger charge is -2.28. The Labute approximate surface area is 128 Å². The van der Waals surface area contributed by atoms with Gasteiger partial charge in [0.25, 0.3) is 0 Å². The summed E-state index contributed by atoms with van der Waals surface area (Å²) in [6, 6.07) is 1.79. The molecule has 0 unspecified atom stereocenters. The van der Waals surface area contributed by atoms with Crippen molar-refractivity contribution in [2.45, 2.75) is 44.8 Å². The standard InChI is InChI=1S/C15H20N4O3/c1-2-22-15(21)10-9-16-19-8-7-13(18-14(10)19)17-11-5-3-4-6-12(11)20/h7-9,11-12,20H,2-6H2,1H3,(H,17,18)/t11-,12+/m0/s1. The Balaban J connectivity index is 1.85. The largest absolute Gasteiger partial charge is 0.462 e. The van der Waals surface area contributed by atoms with E-state index in [1.54, 1.807) is 19.2 Å². The molecule has 1 fully saturated rings. The summed E-state index contributed by atoms with van der Waals surface area (Å²) >= 11 is 0. The van der Waals surface area contributed by atoms with E-state index in [1.807, 2.05) is 0 Å². The van der Waals surface area contributed by atoms with Crippen molar-refractivity contribution >= 4 is 17.4 Å². The van der Waals surface area contributed by atoms with Gasteiger partial charge in [-0.25, -0.2) is 14.3 Å². The van der Waals surface area contributed by atoms with E-state index in [2.05, 4.69) is 15.4 Å². The summed E-state index contributed by atoms with van der Waals surface area (Å²) in [5, 5.41) is 17.4. The summed E-state index contributed by atoms with van der Waals surface area (Å²) in [7, 11) is 0. The van der Waals surface area contributed by atoms with E-state index in [4.69, 9.17) is 4.74 Å². The lowest BCUT2D eigenvalue weighted by Crippen LogP contribution is -2.36. The number of aliphatic hydroxyl groups is 1. The molecule has 0 aromatic carbocycles. The van der Waals surface area contributed by atoms with Crippen molar-refractivity contribution in [1.82, 2.24) is 14.6 Å². The number of aromatic nitrogens is 3. The van der Waals surface area contributed by atoms with Gasteiger partial charge in [0.2, 0.25) is 0 Å². The number of fused-ring (bicyclic) bond motifs is 1. The number of rotatable bonds is 4. The number of nitrogens with zero attached hydrogens (tertiary/aromatic N) is 3. The quantitative estimate of drug-likeness (QED) is 0.834. The first kappa shape index (κ1) is 14.8. The third-order valence-electron chi connectivity index (χ3n) is 3.93. The maximum atomic E-state index is 11.9. The molecule has 7 heteroatoms. The van der Waals surface area contributed by atoms with Crippen LogP contribution in [0.5, 0.6) is 0 Å². The Bertz CT molecular complexity index is 670. The summed E-state index contributed by atoms with van der Waals surface area (Å²) in [5.41, 5.74) is 0.795. The van der Waals surface area contributed by atoms with Gasteiger partial charge in [0.15, 0.2) is 5.65 Å². The Morgan fingerprint density at radius 3 is 3.09 bits per heavy atom. The van der Waals surface area contributed by atoms with Gasteiger partial charge < -0.3 is 15.2 Å². The molecule has 0 radical (unpaired) electrons. The number of hydrogen-bond donors (Lipinski definition) is 2. The predicted molar refractivity (Wildman–Crippen MR) is 80.8 cm³/mol. The van der Waals surface area contributed by atoms with Crippen molar-refractivity contribution < 1.29 is 14.6 Å². The Kier molecular flexibility index (Phi) is 4.24. The number of aliphatic hydroxyl groups excluding tert-OH is 1. The highest BCUT2D eigenvalue weighted by atomic mass is 16.5. The molecule has 0 amide bonds. The predicted octanol–water partition coefficient (Wildman–Crippen LogP) is 1.62. The first-order valence-electron chi connectivity index (χ1n) is 7.65. The molecule has 1 aliphatic carbocycles. The van der Waals surface area contributed by atoms with Crippen molar-refractivity contribution in [2.75, 3.05) is 11.9 Å². The molecule has 2 aromatic heterocycles. The van der Waals surface area contributed by atoms with Gasteiger partial charge in [0.05, 0.1) is 24.9 Å². The highest BCUT2D eigenvalue weighted by molar-refractivity contribution is 5.95. The molecule has 22 heavy (non-hydrogen) atoms. The van der Waals surface area contributed by atoms with Crippen LogP contribution >= 0.6 is 0 Å². The number of nitrogens with one attached hydrogen (secondary N) is 1. The summed E-state index contributed by atoms with van der Waals surface area (Å²) in [6.45, 7) is 2.07. The van der Waals surface area contributed by atoms with E-state index in [0.29, 0.717) is 23.6 Å². The van der Waals surface area contributed by atoms with Crippen molar-refractivity contribution in [1.29, 1.82) is 0 Å². The Hall–Kier alpha value is -2.15. The summed E-state index contributed by atoms with van der Waals surface area (Å²) in [5.74, 6) is 0.198. The number of carbonyl (C=O) groups excluding carboxylic acids is 1. The minimum atomic E-state index is -0.431. The van der Waals surface area contributed by atoms with Gasteiger partial charge >= 0.3 is 5.97 Å². The first-order valence-corrected chi connectivity index (χ1v) is 7.65. The number of anilines is 1. The van der Waals surface area contributed by atoms with Crippen LogP contribution in [0.1, 0.15) is 43.0 Å². The van der Waals surface area contributed by atoms with Crippen LogP contribution in [0.25, 0.3) is 5.65 Å². The maximum absolute atomic E-state index is 11.9. The van der Waals surface area contributed by atoms with Gasteiger partial charge in [0.1, 0.15) is 11.4 Å². The highest BCUT2D eigenvalue weighted by Gasteiger charge is 2.23. The molecule has 2 atom stereocenters. The van der Waals surface area contributed by atoms with Gasteiger partial charge in [-0.3, -0.25) is 0 Å². The highest BCUT2D eigenvalue weighted by Crippen LogP contribution is 2.22. The fourth-order valence-corrected chi connectivity index (χ4v) is 2.77. The lowest BCUT2D eigenvalue weighted by atomic mass is 9.93. The minimum Gasteiger partial charge on any atom is -0.462 e. The molecular weight excluding hydrogens is 284 g/mol. The average Bonchev–Trinajstić information content (AvgIpc) is 2.93. The van der Waals surface area contributed by atoms with Gasteiger partial charge in [-0.15, -0.1) is 0 Å². The normalized spacial score (nSPS) is 21.7. The zero-order valence-corrected chi connectivity index (χ0v) is 12.5. The smallest absolute Gasteiger partial charge is 0.343 e. The molecule has 7 nitrogen and oxygen atoms in total. The van der Waals surface area contributed by atoms with E-state index < -0.39 is 5.97 Å². The number of carbonyl (C=O) groups is 1. The monoisotopic (exact) mass is 304 g/mol. The zero-order chi connectivity index (χ0) is 15.5. The first-order chi connectivity index (χ1) is 10.7. The SMILES string of the molecule is CCOC(=O)c1cnn2ccc(N[C@H]3CCCC[C@H]3O)nc12. The second kappa shape index (κ2) is 6.31. The van der Waals surface area contributed by atoms with Gasteiger partial charge in [-0.05, 0) is 25.8 Å². The second-order valence-corrected chi connectivity index (χ2v) is 5.46. The molecular formula is C15H20N4O3. The molecule has 1 saturated carbocycles. The van der Waals surface area contributed by atoms with E-state index in [-0.39, 0.29) is 12.1 Å². The molecule has 0 spiro atoms. The number of hydrogen-bond acceptors (Lipinski definition) is 6.